The lowest BCUT2D eigenvalue weighted by atomic mass is 10.1. The van der Waals surface area contributed by atoms with E-state index in [1.807, 2.05) is 44.2 Å². The maximum atomic E-state index is 12.6. The average molecular weight is 400 g/mol. The molecule has 0 saturated carbocycles. The Hall–Kier alpha value is -3.06. The fraction of sp³-hybridized carbons (Fsp3) is 0.364. The van der Waals surface area contributed by atoms with Gasteiger partial charge in [-0.15, -0.1) is 0 Å². The summed E-state index contributed by atoms with van der Waals surface area (Å²) in [7, 11) is 4.47. The first-order valence-corrected chi connectivity index (χ1v) is 9.23. The van der Waals surface area contributed by atoms with Crippen molar-refractivity contribution in [3.05, 3.63) is 53.1 Å². The van der Waals surface area contributed by atoms with Crippen LogP contribution in [0.3, 0.4) is 0 Å². The zero-order valence-corrected chi connectivity index (χ0v) is 17.6. The molecule has 0 spiro atoms. The van der Waals surface area contributed by atoms with E-state index in [2.05, 4.69) is 5.32 Å². The summed E-state index contributed by atoms with van der Waals surface area (Å²) in [5, 5.41) is 2.92. The summed E-state index contributed by atoms with van der Waals surface area (Å²) in [5.74, 6) is 0.645. The van der Waals surface area contributed by atoms with Crippen LogP contribution in [-0.4, -0.2) is 51.2 Å². The molecule has 0 fully saturated rings. The number of anilines is 1. The topological polar surface area (TPSA) is 77.1 Å². The van der Waals surface area contributed by atoms with E-state index < -0.39 is 5.97 Å². The number of methoxy groups -OCH3 is 3. The van der Waals surface area contributed by atoms with Gasteiger partial charge in [0.1, 0.15) is 11.5 Å². The highest BCUT2D eigenvalue weighted by Crippen LogP contribution is 2.23. The predicted octanol–water partition coefficient (Wildman–Crippen LogP) is 2.93. The molecule has 0 heterocycles. The number of hydrogen-bond donors (Lipinski definition) is 1. The number of nitrogens with one attached hydrogen (secondary N) is 1. The molecule has 7 nitrogen and oxygen atoms in total. The second-order valence-electron chi connectivity index (χ2n) is 6.74. The van der Waals surface area contributed by atoms with Crippen molar-refractivity contribution in [3.8, 4) is 11.5 Å². The van der Waals surface area contributed by atoms with Crippen LogP contribution in [0.15, 0.2) is 36.4 Å². The number of aryl methyl sites for hydroxylation is 1. The zero-order chi connectivity index (χ0) is 21.4. The van der Waals surface area contributed by atoms with Crippen LogP contribution in [0, 0.1) is 13.8 Å². The normalized spacial score (nSPS) is 10.6. The van der Waals surface area contributed by atoms with Crippen molar-refractivity contribution in [1.82, 2.24) is 4.90 Å². The Morgan fingerprint density at radius 1 is 0.966 bits per heavy atom. The smallest absolute Gasteiger partial charge is 0.319 e. The Labute approximate surface area is 171 Å². The highest BCUT2D eigenvalue weighted by molar-refractivity contribution is 5.93. The first-order valence-electron chi connectivity index (χ1n) is 9.23. The van der Waals surface area contributed by atoms with Crippen molar-refractivity contribution in [2.24, 2.45) is 0 Å². The molecule has 2 rings (SSSR count). The molecule has 7 heteroatoms. The van der Waals surface area contributed by atoms with Gasteiger partial charge in [-0.3, -0.25) is 14.5 Å². The van der Waals surface area contributed by atoms with E-state index in [0.717, 1.165) is 22.4 Å². The minimum atomic E-state index is -0.417. The van der Waals surface area contributed by atoms with Crippen LogP contribution in [0.5, 0.6) is 11.5 Å². The lowest BCUT2D eigenvalue weighted by Gasteiger charge is -2.21. The maximum Gasteiger partial charge on any atom is 0.319 e. The van der Waals surface area contributed by atoms with Crippen molar-refractivity contribution in [1.29, 1.82) is 0 Å². The van der Waals surface area contributed by atoms with Crippen LogP contribution >= 0.6 is 0 Å². The monoisotopic (exact) mass is 400 g/mol. The summed E-state index contributed by atoms with van der Waals surface area (Å²) in [6, 6.07) is 11.2. The van der Waals surface area contributed by atoms with Crippen molar-refractivity contribution >= 4 is 17.6 Å². The van der Waals surface area contributed by atoms with Gasteiger partial charge >= 0.3 is 5.97 Å². The molecular formula is C22H28N2O5. The van der Waals surface area contributed by atoms with Crippen LogP contribution < -0.4 is 14.8 Å². The van der Waals surface area contributed by atoms with Crippen LogP contribution in [0.25, 0.3) is 0 Å². The second kappa shape index (κ2) is 10.5. The third-order valence-electron chi connectivity index (χ3n) is 4.64. The maximum absolute atomic E-state index is 12.6. The molecule has 0 radical (unpaired) electrons. The highest BCUT2D eigenvalue weighted by atomic mass is 16.5. The molecule has 1 amide bonds. The van der Waals surface area contributed by atoms with Crippen LogP contribution in [0.4, 0.5) is 5.69 Å². The predicted molar refractivity (Wildman–Crippen MR) is 111 cm³/mol. The number of hydrogen-bond acceptors (Lipinski definition) is 6. The van der Waals surface area contributed by atoms with Gasteiger partial charge in [-0.1, -0.05) is 12.1 Å². The first kappa shape index (κ1) is 22.2. The Balaban J connectivity index is 2.16. The van der Waals surface area contributed by atoms with Crippen LogP contribution in [0.2, 0.25) is 0 Å². The molecule has 0 atom stereocenters. The molecule has 0 aromatic heterocycles. The van der Waals surface area contributed by atoms with E-state index in [0.29, 0.717) is 18.0 Å². The van der Waals surface area contributed by atoms with Crippen molar-refractivity contribution in [2.45, 2.75) is 20.4 Å². The van der Waals surface area contributed by atoms with E-state index in [4.69, 9.17) is 14.2 Å². The number of amides is 1. The van der Waals surface area contributed by atoms with Gasteiger partial charge in [0.05, 0.1) is 34.4 Å². The fourth-order valence-corrected chi connectivity index (χ4v) is 2.91. The van der Waals surface area contributed by atoms with Crippen molar-refractivity contribution < 1.29 is 23.8 Å². The number of rotatable bonds is 9. The number of carbonyl (C=O) groups excluding carboxylic acids is 2. The molecule has 0 aliphatic rings. The zero-order valence-electron chi connectivity index (χ0n) is 17.6. The molecule has 0 unspecified atom stereocenters. The van der Waals surface area contributed by atoms with Crippen LogP contribution in [0.1, 0.15) is 16.7 Å². The van der Waals surface area contributed by atoms with Gasteiger partial charge in [0.25, 0.3) is 0 Å². The second-order valence-corrected chi connectivity index (χ2v) is 6.74. The summed E-state index contributed by atoms with van der Waals surface area (Å²) >= 11 is 0. The minimum Gasteiger partial charge on any atom is -0.497 e. The lowest BCUT2D eigenvalue weighted by molar-refractivity contribution is -0.142. The fourth-order valence-electron chi connectivity index (χ4n) is 2.91. The van der Waals surface area contributed by atoms with Gasteiger partial charge in [-0.25, -0.2) is 0 Å². The van der Waals surface area contributed by atoms with Gasteiger partial charge in [-0.2, -0.15) is 0 Å². The Morgan fingerprint density at radius 2 is 1.62 bits per heavy atom. The molecule has 2 aromatic carbocycles. The van der Waals surface area contributed by atoms with Gasteiger partial charge < -0.3 is 19.5 Å². The quantitative estimate of drug-likeness (QED) is 0.652. The number of ether oxygens (including phenoxy) is 3. The number of nitrogens with zero attached hydrogens (tertiary/aromatic N) is 1. The summed E-state index contributed by atoms with van der Waals surface area (Å²) in [5.41, 5.74) is 3.72. The molecule has 29 heavy (non-hydrogen) atoms. The standard InChI is InChI=1S/C22H28N2O5/c1-15-7-6-8-20(16(15)2)23-21(25)13-24(14-22(26)29-5)12-17-9-18(27-3)11-19(10-17)28-4/h6-11H,12-14H2,1-5H3,(H,23,25). The number of benzene rings is 2. The lowest BCUT2D eigenvalue weighted by Crippen LogP contribution is -2.37. The molecule has 2 aromatic rings. The van der Waals surface area contributed by atoms with E-state index in [9.17, 15) is 9.59 Å². The molecule has 1 N–H and O–H groups in total. The molecule has 0 aliphatic carbocycles. The summed E-state index contributed by atoms with van der Waals surface area (Å²) < 4.78 is 15.4. The van der Waals surface area contributed by atoms with Gasteiger partial charge in [-0.05, 0) is 48.7 Å². The van der Waals surface area contributed by atoms with Gasteiger partial charge in [0.15, 0.2) is 0 Å². The third-order valence-corrected chi connectivity index (χ3v) is 4.64. The Kier molecular flexibility index (Phi) is 8.03. The minimum absolute atomic E-state index is 0.0176. The number of esters is 1. The molecule has 156 valence electrons. The van der Waals surface area contributed by atoms with E-state index >= 15 is 0 Å². The van der Waals surface area contributed by atoms with Gasteiger partial charge in [0, 0.05) is 18.3 Å². The van der Waals surface area contributed by atoms with Crippen molar-refractivity contribution in [2.75, 3.05) is 39.7 Å². The number of carbonyl (C=O) groups is 2. The van der Waals surface area contributed by atoms with Gasteiger partial charge in [0.2, 0.25) is 5.91 Å². The molecule has 0 bridgehead atoms. The third kappa shape index (κ3) is 6.50. The van der Waals surface area contributed by atoms with E-state index in [1.165, 1.54) is 7.11 Å². The van der Waals surface area contributed by atoms with Crippen LogP contribution in [-0.2, 0) is 20.9 Å². The summed E-state index contributed by atoms with van der Waals surface area (Å²) in [4.78, 5) is 26.2. The van der Waals surface area contributed by atoms with E-state index in [-0.39, 0.29) is 19.0 Å². The summed E-state index contributed by atoms with van der Waals surface area (Å²) in [6.45, 7) is 4.31. The molecular weight excluding hydrogens is 372 g/mol. The largest absolute Gasteiger partial charge is 0.497 e. The average Bonchev–Trinajstić information content (AvgIpc) is 2.70. The highest BCUT2D eigenvalue weighted by Gasteiger charge is 2.17. The van der Waals surface area contributed by atoms with Crippen molar-refractivity contribution in [3.63, 3.8) is 0 Å². The SMILES string of the molecule is COC(=O)CN(CC(=O)Nc1cccc(C)c1C)Cc1cc(OC)cc(OC)c1. The Morgan fingerprint density at radius 3 is 2.21 bits per heavy atom. The van der Waals surface area contributed by atoms with E-state index in [1.54, 1.807) is 25.2 Å². The molecule has 0 aliphatic heterocycles. The summed E-state index contributed by atoms with van der Waals surface area (Å²) in [6.07, 6.45) is 0. The first-order chi connectivity index (χ1) is 13.9. The Bertz CT molecular complexity index is 844. The molecule has 0 saturated heterocycles.